The summed E-state index contributed by atoms with van der Waals surface area (Å²) in [5, 5.41) is 9.31. The molecule has 1 N–H and O–H groups in total. The van der Waals surface area contributed by atoms with Crippen LogP contribution in [-0.2, 0) is 17.9 Å². The van der Waals surface area contributed by atoms with E-state index in [2.05, 4.69) is 0 Å². The number of ether oxygens (including phenoxy) is 2. The number of methoxy groups -OCH3 is 1. The van der Waals surface area contributed by atoms with Crippen molar-refractivity contribution in [2.75, 3.05) is 13.7 Å². The molecule has 0 unspecified atom stereocenters. The summed E-state index contributed by atoms with van der Waals surface area (Å²) in [6.45, 7) is -0.0740. The lowest BCUT2D eigenvalue weighted by Gasteiger charge is -2.21. The van der Waals surface area contributed by atoms with Crippen molar-refractivity contribution in [1.82, 2.24) is 4.90 Å². The van der Waals surface area contributed by atoms with E-state index in [0.29, 0.717) is 22.4 Å². The summed E-state index contributed by atoms with van der Waals surface area (Å²) in [5.74, 6) is -2.63. The van der Waals surface area contributed by atoms with Crippen LogP contribution < -0.4 is 9.47 Å². The summed E-state index contributed by atoms with van der Waals surface area (Å²) in [4.78, 5) is 25.5. The Kier molecular flexibility index (Phi) is 8.33. The molecule has 0 spiro atoms. The summed E-state index contributed by atoms with van der Waals surface area (Å²) < 4.78 is 38.4. The molecule has 4 aromatic rings. The first-order chi connectivity index (χ1) is 18.3. The van der Waals surface area contributed by atoms with Crippen molar-refractivity contribution in [3.63, 3.8) is 0 Å². The highest BCUT2D eigenvalue weighted by atomic mass is 19.2. The second-order valence-corrected chi connectivity index (χ2v) is 8.52. The van der Waals surface area contributed by atoms with E-state index in [0.717, 1.165) is 23.3 Å². The Hall–Kier alpha value is -4.72. The van der Waals surface area contributed by atoms with Gasteiger partial charge in [-0.15, -0.1) is 0 Å². The smallest absolute Gasteiger partial charge is 0.323 e. The Morgan fingerprint density at radius 1 is 0.842 bits per heavy atom. The maximum atomic E-state index is 13.8. The Morgan fingerprint density at radius 3 is 2.21 bits per heavy atom. The maximum absolute atomic E-state index is 13.8. The van der Waals surface area contributed by atoms with Crippen molar-refractivity contribution < 1.29 is 33.0 Å². The van der Waals surface area contributed by atoms with Gasteiger partial charge in [0, 0.05) is 23.7 Å². The molecule has 0 aliphatic heterocycles. The highest BCUT2D eigenvalue weighted by molar-refractivity contribution is 5.95. The van der Waals surface area contributed by atoms with Gasteiger partial charge in [-0.3, -0.25) is 9.59 Å². The summed E-state index contributed by atoms with van der Waals surface area (Å²) >= 11 is 0. The van der Waals surface area contributed by atoms with Gasteiger partial charge in [0.1, 0.15) is 24.7 Å². The zero-order chi connectivity index (χ0) is 27.1. The lowest BCUT2D eigenvalue weighted by atomic mass is 10.0. The van der Waals surface area contributed by atoms with Crippen molar-refractivity contribution >= 4 is 11.9 Å². The number of benzene rings is 4. The first-order valence-corrected chi connectivity index (χ1v) is 11.7. The molecule has 6 nitrogen and oxygen atoms in total. The van der Waals surface area contributed by atoms with Crippen molar-refractivity contribution in [2.45, 2.75) is 13.2 Å². The number of carbonyl (C=O) groups is 2. The molecule has 0 saturated heterocycles. The monoisotopic (exact) mass is 517 g/mol. The molecule has 0 aliphatic rings. The van der Waals surface area contributed by atoms with Crippen molar-refractivity contribution in [3.8, 4) is 22.6 Å². The van der Waals surface area contributed by atoms with Crippen LogP contribution in [-0.4, -0.2) is 35.5 Å². The number of nitrogens with zero attached hydrogens (tertiary/aromatic N) is 1. The van der Waals surface area contributed by atoms with Crippen LogP contribution in [0.5, 0.6) is 11.5 Å². The third kappa shape index (κ3) is 6.53. The molecule has 4 rings (SSSR count). The van der Waals surface area contributed by atoms with E-state index < -0.39 is 24.1 Å². The summed E-state index contributed by atoms with van der Waals surface area (Å²) in [6, 6.07) is 24.9. The third-order valence-corrected chi connectivity index (χ3v) is 5.81. The minimum atomic E-state index is -1.10. The van der Waals surface area contributed by atoms with Crippen LogP contribution in [0.3, 0.4) is 0 Å². The van der Waals surface area contributed by atoms with Crippen molar-refractivity contribution in [1.29, 1.82) is 0 Å². The summed E-state index contributed by atoms with van der Waals surface area (Å²) in [6.07, 6.45) is 0. The molecule has 0 saturated carbocycles. The molecule has 8 heteroatoms. The SMILES string of the molecule is COc1cc(F)c(F)cc1-c1ccc(OCc2cccc(CN(CC(=O)O)C(=O)c3ccccc3)c2)cc1. The molecule has 0 aliphatic carbocycles. The highest BCUT2D eigenvalue weighted by Gasteiger charge is 2.19. The van der Waals surface area contributed by atoms with Crippen molar-refractivity contribution in [3.05, 3.63) is 119 Å². The molecule has 1 amide bonds. The molecule has 38 heavy (non-hydrogen) atoms. The minimum absolute atomic E-state index is 0.124. The molecule has 0 atom stereocenters. The van der Waals surface area contributed by atoms with Crippen LogP contribution in [0.25, 0.3) is 11.1 Å². The Labute approximate surface area is 218 Å². The second-order valence-electron chi connectivity index (χ2n) is 8.52. The summed E-state index contributed by atoms with van der Waals surface area (Å²) in [5.41, 5.74) is 3.06. The molecular formula is C30H25F2NO5. The van der Waals surface area contributed by atoms with E-state index in [1.165, 1.54) is 12.0 Å². The number of amides is 1. The van der Waals surface area contributed by atoms with Crippen LogP contribution in [0, 0.1) is 11.6 Å². The van der Waals surface area contributed by atoms with E-state index >= 15 is 0 Å². The summed E-state index contributed by atoms with van der Waals surface area (Å²) in [7, 11) is 1.39. The van der Waals surface area contributed by atoms with Gasteiger partial charge in [-0.2, -0.15) is 0 Å². The van der Waals surface area contributed by atoms with Crippen LogP contribution in [0.1, 0.15) is 21.5 Å². The zero-order valence-electron chi connectivity index (χ0n) is 20.6. The molecule has 0 heterocycles. The molecule has 0 aromatic heterocycles. The van der Waals surface area contributed by atoms with Gasteiger partial charge in [-0.05, 0) is 47.0 Å². The third-order valence-electron chi connectivity index (χ3n) is 5.81. The average Bonchev–Trinajstić information content (AvgIpc) is 2.93. The number of rotatable bonds is 10. The molecule has 0 radical (unpaired) electrons. The van der Waals surface area contributed by atoms with Crippen LogP contribution in [0.2, 0.25) is 0 Å². The van der Waals surface area contributed by atoms with E-state index in [1.807, 2.05) is 24.3 Å². The number of halogens is 2. The van der Waals surface area contributed by atoms with E-state index in [-0.39, 0.29) is 24.8 Å². The van der Waals surface area contributed by atoms with Gasteiger partial charge in [0.2, 0.25) is 0 Å². The second kappa shape index (κ2) is 12.0. The molecular weight excluding hydrogens is 492 g/mol. The van der Waals surface area contributed by atoms with Crippen molar-refractivity contribution in [2.24, 2.45) is 0 Å². The minimum Gasteiger partial charge on any atom is -0.496 e. The largest absolute Gasteiger partial charge is 0.496 e. The highest BCUT2D eigenvalue weighted by Crippen LogP contribution is 2.33. The molecule has 4 aromatic carbocycles. The number of hydrogen-bond donors (Lipinski definition) is 1. The quantitative estimate of drug-likeness (QED) is 0.282. The predicted octanol–water partition coefficient (Wildman–Crippen LogP) is 5.95. The number of carbonyl (C=O) groups excluding carboxylic acids is 1. The fourth-order valence-electron chi connectivity index (χ4n) is 3.98. The number of hydrogen-bond acceptors (Lipinski definition) is 4. The van der Waals surface area contributed by atoms with Gasteiger partial charge in [-0.1, -0.05) is 54.6 Å². The Bertz CT molecular complexity index is 1420. The van der Waals surface area contributed by atoms with Gasteiger partial charge in [0.25, 0.3) is 5.91 Å². The molecule has 0 fully saturated rings. The maximum Gasteiger partial charge on any atom is 0.323 e. The zero-order valence-corrected chi connectivity index (χ0v) is 20.6. The fraction of sp³-hybridized carbons (Fsp3) is 0.133. The normalized spacial score (nSPS) is 10.6. The average molecular weight is 518 g/mol. The van der Waals surface area contributed by atoms with E-state index in [9.17, 15) is 23.5 Å². The first-order valence-electron chi connectivity index (χ1n) is 11.7. The van der Waals surface area contributed by atoms with Crippen LogP contribution >= 0.6 is 0 Å². The van der Waals surface area contributed by atoms with Gasteiger partial charge >= 0.3 is 5.97 Å². The van der Waals surface area contributed by atoms with E-state index in [4.69, 9.17) is 9.47 Å². The topological polar surface area (TPSA) is 76.1 Å². The van der Waals surface area contributed by atoms with Crippen LogP contribution in [0.15, 0.2) is 91.0 Å². The standard InChI is InChI=1S/C30H25F2NO5/c1-37-28-16-27(32)26(31)15-25(28)22-10-12-24(13-11-22)38-19-21-7-5-6-20(14-21)17-33(18-29(34)35)30(36)23-8-3-2-4-9-23/h2-16H,17-19H2,1H3,(H,34,35). The number of carboxylic acid groups (broad SMARTS) is 1. The predicted molar refractivity (Wildman–Crippen MR) is 138 cm³/mol. The lowest BCUT2D eigenvalue weighted by Crippen LogP contribution is -2.35. The van der Waals surface area contributed by atoms with Gasteiger partial charge in [0.05, 0.1) is 7.11 Å². The van der Waals surface area contributed by atoms with Gasteiger partial charge in [0.15, 0.2) is 11.6 Å². The number of carboxylic acids is 1. The molecule has 0 bridgehead atoms. The number of aliphatic carboxylic acids is 1. The molecule has 194 valence electrons. The van der Waals surface area contributed by atoms with E-state index in [1.54, 1.807) is 54.6 Å². The van der Waals surface area contributed by atoms with Crippen LogP contribution in [0.4, 0.5) is 8.78 Å². The fourth-order valence-corrected chi connectivity index (χ4v) is 3.98. The lowest BCUT2D eigenvalue weighted by molar-refractivity contribution is -0.137. The Morgan fingerprint density at radius 2 is 1.53 bits per heavy atom. The first kappa shape index (κ1) is 26.3. The van der Waals surface area contributed by atoms with Gasteiger partial charge in [-0.25, -0.2) is 8.78 Å². The van der Waals surface area contributed by atoms with Gasteiger partial charge < -0.3 is 19.5 Å². The Balaban J connectivity index is 1.44.